The fourth-order valence-corrected chi connectivity index (χ4v) is 5.10. The zero-order valence-electron chi connectivity index (χ0n) is 17.3. The third-order valence-corrected chi connectivity index (χ3v) is 6.73. The molecule has 0 radical (unpaired) electrons. The number of para-hydroxylation sites is 1. The van der Waals surface area contributed by atoms with E-state index in [1.54, 1.807) is 14.2 Å². The first kappa shape index (κ1) is 20.7. The van der Waals surface area contributed by atoms with Gasteiger partial charge < -0.3 is 19.1 Å². The van der Waals surface area contributed by atoms with Gasteiger partial charge in [-0.1, -0.05) is 18.9 Å². The lowest BCUT2D eigenvalue weighted by Gasteiger charge is -2.23. The number of hydrogen-bond acceptors (Lipinski definition) is 7. The number of nitrogens with zero attached hydrogens (tertiary/aromatic N) is 2. The van der Waals surface area contributed by atoms with E-state index in [1.165, 1.54) is 11.3 Å². The standard InChI is InChI=1S/C22H26N2O5S/c1-27-18-9-5-8-17(20(18)28-2)21-23-15(13-30-21)12-29-22(26)14-10-19(25)24(11-14)16-6-3-4-7-16/h5,8-9,13-14,16H,3-4,6-7,10-12H2,1-2H3/t14-/m0/s1. The third kappa shape index (κ3) is 4.14. The summed E-state index contributed by atoms with van der Waals surface area (Å²) in [4.78, 5) is 31.3. The zero-order valence-corrected chi connectivity index (χ0v) is 18.1. The van der Waals surface area contributed by atoms with Crippen LogP contribution in [0.3, 0.4) is 0 Å². The number of likely N-dealkylation sites (tertiary alicyclic amines) is 1. The number of rotatable bonds is 7. The Morgan fingerprint density at radius 1 is 1.23 bits per heavy atom. The Kier molecular flexibility index (Phi) is 6.22. The van der Waals surface area contributed by atoms with Gasteiger partial charge in [-0.2, -0.15) is 0 Å². The molecule has 1 aliphatic heterocycles. The lowest BCUT2D eigenvalue weighted by molar-refractivity contribution is -0.149. The molecule has 0 spiro atoms. The van der Waals surface area contributed by atoms with Gasteiger partial charge in [0.05, 0.1) is 31.4 Å². The first-order valence-corrected chi connectivity index (χ1v) is 11.1. The molecule has 0 N–H and O–H groups in total. The lowest BCUT2D eigenvalue weighted by Crippen LogP contribution is -2.35. The summed E-state index contributed by atoms with van der Waals surface area (Å²) in [5.74, 6) is 0.627. The second-order valence-electron chi connectivity index (χ2n) is 7.68. The molecule has 1 aromatic carbocycles. The Hall–Kier alpha value is -2.61. The molecule has 2 fully saturated rings. The van der Waals surface area contributed by atoms with Gasteiger partial charge in [-0.3, -0.25) is 9.59 Å². The summed E-state index contributed by atoms with van der Waals surface area (Å²) in [5.41, 5.74) is 1.50. The van der Waals surface area contributed by atoms with Crippen molar-refractivity contribution in [2.75, 3.05) is 20.8 Å². The van der Waals surface area contributed by atoms with Crippen molar-refractivity contribution in [3.05, 3.63) is 29.3 Å². The molecular formula is C22H26N2O5S. The molecule has 1 saturated carbocycles. The molecule has 2 aromatic rings. The summed E-state index contributed by atoms with van der Waals surface area (Å²) in [7, 11) is 3.19. The van der Waals surface area contributed by atoms with Crippen LogP contribution in [0.25, 0.3) is 10.6 Å². The summed E-state index contributed by atoms with van der Waals surface area (Å²) in [6, 6.07) is 5.92. The number of hydrogen-bond donors (Lipinski definition) is 0. The molecule has 1 aromatic heterocycles. The van der Waals surface area contributed by atoms with Gasteiger partial charge >= 0.3 is 5.97 Å². The number of methoxy groups -OCH3 is 2. The van der Waals surface area contributed by atoms with Crippen molar-refractivity contribution in [1.29, 1.82) is 0 Å². The molecule has 2 heterocycles. The van der Waals surface area contributed by atoms with Crippen LogP contribution in [0.2, 0.25) is 0 Å². The van der Waals surface area contributed by atoms with Crippen molar-refractivity contribution in [2.45, 2.75) is 44.8 Å². The van der Waals surface area contributed by atoms with Crippen LogP contribution >= 0.6 is 11.3 Å². The predicted molar refractivity (Wildman–Crippen MR) is 113 cm³/mol. The molecule has 1 atom stereocenters. The average Bonchev–Trinajstić information content (AvgIpc) is 3.52. The van der Waals surface area contributed by atoms with Crippen LogP contribution in [-0.2, 0) is 20.9 Å². The second kappa shape index (κ2) is 9.04. The number of esters is 1. The van der Waals surface area contributed by atoms with Crippen molar-refractivity contribution in [3.8, 4) is 22.1 Å². The Balaban J connectivity index is 1.37. The molecule has 2 aliphatic rings. The molecule has 4 rings (SSSR count). The Morgan fingerprint density at radius 2 is 2.03 bits per heavy atom. The highest BCUT2D eigenvalue weighted by Crippen LogP contribution is 2.39. The van der Waals surface area contributed by atoms with Crippen LogP contribution < -0.4 is 9.47 Å². The molecule has 0 bridgehead atoms. The van der Waals surface area contributed by atoms with E-state index >= 15 is 0 Å². The molecule has 160 valence electrons. The van der Waals surface area contributed by atoms with E-state index in [-0.39, 0.29) is 30.8 Å². The molecule has 0 unspecified atom stereocenters. The molecular weight excluding hydrogens is 404 g/mol. The third-order valence-electron chi connectivity index (χ3n) is 5.80. The van der Waals surface area contributed by atoms with Crippen LogP contribution in [-0.4, -0.2) is 48.6 Å². The van der Waals surface area contributed by atoms with Gasteiger partial charge in [0.25, 0.3) is 0 Å². The first-order chi connectivity index (χ1) is 14.6. The summed E-state index contributed by atoms with van der Waals surface area (Å²) in [6.07, 6.45) is 4.66. The number of carbonyl (C=O) groups excluding carboxylic acids is 2. The van der Waals surface area contributed by atoms with E-state index in [2.05, 4.69) is 4.98 Å². The quantitative estimate of drug-likeness (QED) is 0.624. The van der Waals surface area contributed by atoms with Crippen LogP contribution in [0.5, 0.6) is 11.5 Å². The highest BCUT2D eigenvalue weighted by atomic mass is 32.1. The van der Waals surface area contributed by atoms with Gasteiger partial charge in [0.1, 0.15) is 11.6 Å². The Labute approximate surface area is 180 Å². The van der Waals surface area contributed by atoms with E-state index in [0.29, 0.717) is 29.8 Å². The zero-order chi connectivity index (χ0) is 21.1. The first-order valence-electron chi connectivity index (χ1n) is 10.2. The Bertz CT molecular complexity index is 922. The topological polar surface area (TPSA) is 78.0 Å². The van der Waals surface area contributed by atoms with E-state index in [0.717, 1.165) is 36.3 Å². The lowest BCUT2D eigenvalue weighted by atomic mass is 10.1. The highest BCUT2D eigenvalue weighted by molar-refractivity contribution is 7.13. The fraction of sp³-hybridized carbons (Fsp3) is 0.500. The maximum Gasteiger partial charge on any atom is 0.311 e. The van der Waals surface area contributed by atoms with Gasteiger partial charge in [-0.25, -0.2) is 4.98 Å². The van der Waals surface area contributed by atoms with Crippen LogP contribution in [0.4, 0.5) is 0 Å². The van der Waals surface area contributed by atoms with Gasteiger partial charge in [0.15, 0.2) is 11.5 Å². The van der Waals surface area contributed by atoms with E-state index in [1.807, 2.05) is 28.5 Å². The number of carbonyl (C=O) groups is 2. The molecule has 1 saturated heterocycles. The van der Waals surface area contributed by atoms with E-state index < -0.39 is 0 Å². The van der Waals surface area contributed by atoms with Crippen LogP contribution in [0, 0.1) is 5.92 Å². The number of benzene rings is 1. The van der Waals surface area contributed by atoms with Crippen molar-refractivity contribution in [2.24, 2.45) is 5.92 Å². The molecule has 7 nitrogen and oxygen atoms in total. The predicted octanol–water partition coefficient (Wildman–Crippen LogP) is 3.66. The minimum atomic E-state index is -0.380. The van der Waals surface area contributed by atoms with Gasteiger partial charge in [0.2, 0.25) is 5.91 Å². The number of thiazole rings is 1. The molecule has 30 heavy (non-hydrogen) atoms. The van der Waals surface area contributed by atoms with Gasteiger partial charge in [-0.15, -0.1) is 11.3 Å². The smallest absolute Gasteiger partial charge is 0.311 e. The normalized spacial score (nSPS) is 19.3. The highest BCUT2D eigenvalue weighted by Gasteiger charge is 2.39. The summed E-state index contributed by atoms with van der Waals surface area (Å²) < 4.78 is 16.3. The molecule has 8 heteroatoms. The Morgan fingerprint density at radius 3 is 2.77 bits per heavy atom. The number of amides is 1. The largest absolute Gasteiger partial charge is 0.493 e. The minimum absolute atomic E-state index is 0.0740. The monoisotopic (exact) mass is 430 g/mol. The SMILES string of the molecule is COc1cccc(-c2nc(COC(=O)[C@H]3CC(=O)N(C4CCCC4)C3)cs2)c1OC. The summed E-state index contributed by atoms with van der Waals surface area (Å²) in [6.45, 7) is 0.571. The van der Waals surface area contributed by atoms with Crippen molar-refractivity contribution in [3.63, 3.8) is 0 Å². The average molecular weight is 431 g/mol. The van der Waals surface area contributed by atoms with E-state index in [4.69, 9.17) is 14.2 Å². The van der Waals surface area contributed by atoms with Crippen LogP contribution in [0.15, 0.2) is 23.6 Å². The summed E-state index contributed by atoms with van der Waals surface area (Å²) in [5, 5.41) is 2.63. The van der Waals surface area contributed by atoms with E-state index in [9.17, 15) is 9.59 Å². The minimum Gasteiger partial charge on any atom is -0.493 e. The second-order valence-corrected chi connectivity index (χ2v) is 8.54. The van der Waals surface area contributed by atoms with Crippen molar-refractivity contribution < 1.29 is 23.8 Å². The molecule has 1 amide bonds. The van der Waals surface area contributed by atoms with Gasteiger partial charge in [0, 0.05) is 24.4 Å². The fourth-order valence-electron chi connectivity index (χ4n) is 4.27. The molecule has 1 aliphatic carbocycles. The van der Waals surface area contributed by atoms with Crippen molar-refractivity contribution >= 4 is 23.2 Å². The van der Waals surface area contributed by atoms with Crippen molar-refractivity contribution in [1.82, 2.24) is 9.88 Å². The maximum atomic E-state index is 12.5. The number of aromatic nitrogens is 1. The maximum absolute atomic E-state index is 12.5. The number of ether oxygens (including phenoxy) is 3. The van der Waals surface area contributed by atoms with Gasteiger partial charge in [-0.05, 0) is 25.0 Å². The van der Waals surface area contributed by atoms with Crippen LogP contribution in [0.1, 0.15) is 37.8 Å². The summed E-state index contributed by atoms with van der Waals surface area (Å²) >= 11 is 1.45.